The smallest absolute Gasteiger partial charge is 0.157 e. The van der Waals surface area contributed by atoms with Crippen molar-refractivity contribution in [2.24, 2.45) is 4.99 Å². The van der Waals surface area contributed by atoms with Crippen LogP contribution in [0.25, 0.3) is 0 Å². The van der Waals surface area contributed by atoms with Crippen molar-refractivity contribution in [3.63, 3.8) is 0 Å². The molecule has 0 spiro atoms. The van der Waals surface area contributed by atoms with E-state index in [0.29, 0.717) is 12.6 Å². The summed E-state index contributed by atoms with van der Waals surface area (Å²) in [7, 11) is 0. The van der Waals surface area contributed by atoms with Gasteiger partial charge in [-0.3, -0.25) is 4.99 Å². The predicted octanol–water partition coefficient (Wildman–Crippen LogP) is 2.28. The largest absolute Gasteiger partial charge is 0.361 e. The molecule has 5 heteroatoms. The number of amidine groups is 1. The minimum absolute atomic E-state index is 0.461. The summed E-state index contributed by atoms with van der Waals surface area (Å²) in [6, 6.07) is 14.8. The van der Waals surface area contributed by atoms with Gasteiger partial charge in [-0.25, -0.2) is 0 Å². The molecule has 1 aromatic heterocycles. The average molecular weight is 284 g/mol. The van der Waals surface area contributed by atoms with E-state index in [-0.39, 0.29) is 0 Å². The molecule has 0 saturated carbocycles. The van der Waals surface area contributed by atoms with Gasteiger partial charge in [-0.15, -0.1) is 0 Å². The van der Waals surface area contributed by atoms with Gasteiger partial charge in [-0.05, 0) is 24.1 Å². The van der Waals surface area contributed by atoms with Crippen molar-refractivity contribution in [1.82, 2.24) is 15.5 Å². The van der Waals surface area contributed by atoms with Gasteiger partial charge in [0.1, 0.15) is 0 Å². The molecule has 4 nitrogen and oxygen atoms in total. The van der Waals surface area contributed by atoms with E-state index in [2.05, 4.69) is 44.8 Å². The Balaban J connectivity index is 1.54. The number of nitrogens with one attached hydrogen (secondary N) is 1. The number of thioether (sulfide) groups is 1. The van der Waals surface area contributed by atoms with Crippen LogP contribution in [0.15, 0.2) is 53.7 Å². The number of nitrogens with zero attached hydrogens (tertiary/aromatic N) is 3. The van der Waals surface area contributed by atoms with Crippen molar-refractivity contribution in [2.45, 2.75) is 19.0 Å². The Morgan fingerprint density at radius 1 is 1.20 bits per heavy atom. The second-order valence-corrected chi connectivity index (χ2v) is 5.69. The fourth-order valence-electron chi connectivity index (χ4n) is 2.11. The quantitative estimate of drug-likeness (QED) is 0.936. The molecule has 1 aliphatic rings. The molecule has 1 saturated heterocycles. The highest BCUT2D eigenvalue weighted by Crippen LogP contribution is 2.17. The van der Waals surface area contributed by atoms with Gasteiger partial charge in [0.2, 0.25) is 0 Å². The Kier molecular flexibility index (Phi) is 4.28. The molecule has 0 amide bonds. The standard InChI is InChI=1S/C15H16N4S/c1-2-5-12(6-3-1)9-14-11-20-15(18-14)16-10-13-7-4-8-17-19-13/h1-8,14H,9-11H2,(H,16,18). The first kappa shape index (κ1) is 13.1. The van der Waals surface area contributed by atoms with Gasteiger partial charge in [-0.2, -0.15) is 10.2 Å². The molecule has 1 fully saturated rings. The van der Waals surface area contributed by atoms with Crippen molar-refractivity contribution in [3.05, 3.63) is 59.9 Å². The minimum atomic E-state index is 0.461. The predicted molar refractivity (Wildman–Crippen MR) is 82.7 cm³/mol. The first-order chi connectivity index (χ1) is 9.90. The number of hydrogen-bond donors (Lipinski definition) is 1. The molecule has 0 aliphatic carbocycles. The average Bonchev–Trinajstić information content (AvgIpc) is 2.95. The summed E-state index contributed by atoms with van der Waals surface area (Å²) >= 11 is 1.78. The summed E-state index contributed by atoms with van der Waals surface area (Å²) in [6.07, 6.45) is 2.72. The molecule has 20 heavy (non-hydrogen) atoms. The van der Waals surface area contributed by atoms with Crippen LogP contribution in [-0.2, 0) is 13.0 Å². The Bertz CT molecular complexity index is 571. The third-order valence-electron chi connectivity index (χ3n) is 3.09. The monoisotopic (exact) mass is 284 g/mol. The van der Waals surface area contributed by atoms with Crippen molar-refractivity contribution in [3.8, 4) is 0 Å². The molecule has 1 atom stereocenters. The fourth-order valence-corrected chi connectivity index (χ4v) is 3.07. The first-order valence-electron chi connectivity index (χ1n) is 6.64. The van der Waals surface area contributed by atoms with Crippen LogP contribution in [0.5, 0.6) is 0 Å². The van der Waals surface area contributed by atoms with Crippen LogP contribution in [-0.4, -0.2) is 27.2 Å². The zero-order valence-electron chi connectivity index (χ0n) is 11.1. The molecule has 2 aromatic rings. The zero-order chi connectivity index (χ0) is 13.6. The van der Waals surface area contributed by atoms with Crippen molar-refractivity contribution in [1.29, 1.82) is 0 Å². The lowest BCUT2D eigenvalue weighted by Crippen LogP contribution is -2.29. The molecule has 1 aromatic carbocycles. The van der Waals surface area contributed by atoms with E-state index >= 15 is 0 Å². The highest BCUT2D eigenvalue weighted by Gasteiger charge is 2.20. The second kappa shape index (κ2) is 6.52. The molecular formula is C15H16N4S. The van der Waals surface area contributed by atoms with Gasteiger partial charge in [0.25, 0.3) is 0 Å². The van der Waals surface area contributed by atoms with E-state index < -0.39 is 0 Å². The Labute approximate surface area is 122 Å². The summed E-state index contributed by atoms with van der Waals surface area (Å²) in [5.41, 5.74) is 2.26. The van der Waals surface area contributed by atoms with E-state index in [1.807, 2.05) is 18.2 Å². The third-order valence-corrected chi connectivity index (χ3v) is 4.18. The molecule has 2 heterocycles. The van der Waals surface area contributed by atoms with Crippen LogP contribution < -0.4 is 5.32 Å². The maximum Gasteiger partial charge on any atom is 0.157 e. The van der Waals surface area contributed by atoms with Crippen molar-refractivity contribution >= 4 is 16.9 Å². The number of rotatable bonds is 4. The van der Waals surface area contributed by atoms with Gasteiger partial charge in [0, 0.05) is 18.0 Å². The van der Waals surface area contributed by atoms with Gasteiger partial charge in [0.15, 0.2) is 5.17 Å². The fraction of sp³-hybridized carbons (Fsp3) is 0.267. The number of hydrogen-bond acceptors (Lipinski definition) is 4. The third kappa shape index (κ3) is 3.57. The van der Waals surface area contributed by atoms with E-state index in [1.165, 1.54) is 5.56 Å². The van der Waals surface area contributed by atoms with Crippen molar-refractivity contribution < 1.29 is 0 Å². The van der Waals surface area contributed by atoms with E-state index in [0.717, 1.165) is 23.0 Å². The number of aromatic nitrogens is 2. The van der Waals surface area contributed by atoms with Crippen LogP contribution in [0.2, 0.25) is 0 Å². The summed E-state index contributed by atoms with van der Waals surface area (Å²) in [6.45, 7) is 0.585. The first-order valence-corrected chi connectivity index (χ1v) is 7.63. The Morgan fingerprint density at radius 2 is 2.10 bits per heavy atom. The van der Waals surface area contributed by atoms with Crippen LogP contribution in [0.3, 0.4) is 0 Å². The summed E-state index contributed by atoms with van der Waals surface area (Å²) < 4.78 is 0. The molecule has 0 bridgehead atoms. The van der Waals surface area contributed by atoms with Gasteiger partial charge < -0.3 is 5.32 Å². The highest BCUT2D eigenvalue weighted by atomic mass is 32.2. The van der Waals surface area contributed by atoms with Gasteiger partial charge >= 0.3 is 0 Å². The van der Waals surface area contributed by atoms with E-state index in [1.54, 1.807) is 18.0 Å². The van der Waals surface area contributed by atoms with E-state index in [9.17, 15) is 0 Å². The van der Waals surface area contributed by atoms with Crippen molar-refractivity contribution in [2.75, 3.05) is 5.75 Å². The summed E-state index contributed by atoms with van der Waals surface area (Å²) in [5.74, 6) is 1.06. The molecular weight excluding hydrogens is 268 g/mol. The minimum Gasteiger partial charge on any atom is -0.361 e. The van der Waals surface area contributed by atoms with Gasteiger partial charge in [0.05, 0.1) is 12.2 Å². The normalized spacial score (nSPS) is 20.0. The lowest BCUT2D eigenvalue weighted by Gasteiger charge is -2.09. The topological polar surface area (TPSA) is 50.2 Å². The van der Waals surface area contributed by atoms with E-state index in [4.69, 9.17) is 0 Å². The summed E-state index contributed by atoms with van der Waals surface area (Å²) in [5, 5.41) is 12.4. The van der Waals surface area contributed by atoms with Crippen LogP contribution in [0, 0.1) is 0 Å². The molecule has 102 valence electrons. The number of benzene rings is 1. The zero-order valence-corrected chi connectivity index (χ0v) is 11.9. The molecule has 1 aliphatic heterocycles. The van der Waals surface area contributed by atoms with Crippen LogP contribution >= 0.6 is 11.8 Å². The maximum absolute atomic E-state index is 4.55. The summed E-state index contributed by atoms with van der Waals surface area (Å²) in [4.78, 5) is 4.55. The molecule has 1 unspecified atom stereocenters. The van der Waals surface area contributed by atoms with Gasteiger partial charge in [-0.1, -0.05) is 42.1 Å². The lowest BCUT2D eigenvalue weighted by molar-refractivity contribution is 0.686. The molecule has 1 N–H and O–H groups in total. The Morgan fingerprint density at radius 3 is 2.90 bits per heavy atom. The SMILES string of the molecule is c1ccc(CC2CSC(=NCc3cccnn3)N2)cc1. The second-order valence-electron chi connectivity index (χ2n) is 4.68. The number of aliphatic imine (C=N–C) groups is 1. The van der Waals surface area contributed by atoms with Crippen LogP contribution in [0.1, 0.15) is 11.3 Å². The highest BCUT2D eigenvalue weighted by molar-refractivity contribution is 8.14. The molecule has 3 rings (SSSR count). The lowest BCUT2D eigenvalue weighted by atomic mass is 10.1. The maximum atomic E-state index is 4.55. The molecule has 0 radical (unpaired) electrons. The Hall–Kier alpha value is -1.88. The van der Waals surface area contributed by atoms with Crippen LogP contribution in [0.4, 0.5) is 0 Å².